The molecule has 0 aliphatic rings. The van der Waals surface area contributed by atoms with Crippen LogP contribution in [0.5, 0.6) is 0 Å². The van der Waals surface area contributed by atoms with E-state index in [0.29, 0.717) is 12.1 Å². The van der Waals surface area contributed by atoms with Gasteiger partial charge >= 0.3 is 0 Å². The third-order valence-corrected chi connectivity index (χ3v) is 2.62. The van der Waals surface area contributed by atoms with Gasteiger partial charge in [0, 0.05) is 18.2 Å². The molecule has 1 rings (SSSR count). The molecule has 1 amide bonds. The molecule has 100 valence electrons. The summed E-state index contributed by atoms with van der Waals surface area (Å²) < 4.78 is 13.5. The number of hydrogen-bond donors (Lipinski definition) is 2. The van der Waals surface area contributed by atoms with Gasteiger partial charge in [-0.05, 0) is 33.8 Å². The zero-order valence-electron chi connectivity index (χ0n) is 11.4. The lowest BCUT2D eigenvalue weighted by atomic mass is 10.1. The van der Waals surface area contributed by atoms with E-state index in [-0.39, 0.29) is 23.8 Å². The molecule has 2 N–H and O–H groups in total. The normalized spacial score (nSPS) is 12.6. The lowest BCUT2D eigenvalue weighted by Gasteiger charge is -2.16. The summed E-state index contributed by atoms with van der Waals surface area (Å²) in [7, 11) is 0. The van der Waals surface area contributed by atoms with Gasteiger partial charge in [-0.1, -0.05) is 17.7 Å². The Kier molecular flexibility index (Phi) is 5.28. The van der Waals surface area contributed by atoms with Gasteiger partial charge < -0.3 is 10.6 Å². The SMILES string of the molecule is Cc1ccc(F)c(CNC(C)C(=O)NC(C)C)c1. The van der Waals surface area contributed by atoms with Crippen molar-refractivity contribution in [2.75, 3.05) is 0 Å². The molecular weight excluding hydrogens is 231 g/mol. The van der Waals surface area contributed by atoms with E-state index in [1.54, 1.807) is 19.1 Å². The molecule has 4 heteroatoms. The second-order valence-electron chi connectivity index (χ2n) is 4.86. The van der Waals surface area contributed by atoms with Gasteiger partial charge in [-0.2, -0.15) is 0 Å². The molecular formula is C14H21FN2O. The fraction of sp³-hybridized carbons (Fsp3) is 0.500. The number of rotatable bonds is 5. The predicted octanol–water partition coefficient (Wildman–Crippen LogP) is 2.14. The third-order valence-electron chi connectivity index (χ3n) is 2.62. The molecule has 0 aliphatic heterocycles. The second kappa shape index (κ2) is 6.50. The molecule has 1 aromatic carbocycles. The van der Waals surface area contributed by atoms with Crippen molar-refractivity contribution in [2.24, 2.45) is 0 Å². The molecule has 1 unspecified atom stereocenters. The van der Waals surface area contributed by atoms with E-state index >= 15 is 0 Å². The molecule has 0 aliphatic carbocycles. The van der Waals surface area contributed by atoms with Gasteiger partial charge in [-0.15, -0.1) is 0 Å². The monoisotopic (exact) mass is 252 g/mol. The van der Waals surface area contributed by atoms with Crippen LogP contribution in [0.3, 0.4) is 0 Å². The van der Waals surface area contributed by atoms with Crippen LogP contribution in [0.2, 0.25) is 0 Å². The number of benzene rings is 1. The molecule has 0 spiro atoms. The highest BCUT2D eigenvalue weighted by molar-refractivity contribution is 5.81. The van der Waals surface area contributed by atoms with Crippen LogP contribution in [0.15, 0.2) is 18.2 Å². The molecule has 0 saturated heterocycles. The van der Waals surface area contributed by atoms with Crippen LogP contribution < -0.4 is 10.6 Å². The van der Waals surface area contributed by atoms with Gasteiger partial charge in [0.25, 0.3) is 0 Å². The zero-order valence-corrected chi connectivity index (χ0v) is 11.4. The number of halogens is 1. The highest BCUT2D eigenvalue weighted by atomic mass is 19.1. The average Bonchev–Trinajstić information content (AvgIpc) is 2.29. The summed E-state index contributed by atoms with van der Waals surface area (Å²) in [5.74, 6) is -0.317. The summed E-state index contributed by atoms with van der Waals surface area (Å²) in [6.07, 6.45) is 0. The van der Waals surface area contributed by atoms with Gasteiger partial charge in [-0.25, -0.2) is 4.39 Å². The van der Waals surface area contributed by atoms with Crippen molar-refractivity contribution in [3.8, 4) is 0 Å². The van der Waals surface area contributed by atoms with E-state index in [1.807, 2.05) is 20.8 Å². The van der Waals surface area contributed by atoms with E-state index in [9.17, 15) is 9.18 Å². The summed E-state index contributed by atoms with van der Waals surface area (Å²) in [5, 5.41) is 5.83. The van der Waals surface area contributed by atoms with Crippen molar-refractivity contribution < 1.29 is 9.18 Å². The number of carbonyl (C=O) groups is 1. The van der Waals surface area contributed by atoms with Gasteiger partial charge in [0.05, 0.1) is 6.04 Å². The number of aryl methyl sites for hydroxylation is 1. The van der Waals surface area contributed by atoms with Crippen LogP contribution >= 0.6 is 0 Å². The van der Waals surface area contributed by atoms with Crippen molar-refractivity contribution in [1.29, 1.82) is 0 Å². The minimum atomic E-state index is -0.340. The Hall–Kier alpha value is -1.42. The topological polar surface area (TPSA) is 41.1 Å². The van der Waals surface area contributed by atoms with E-state index in [0.717, 1.165) is 5.56 Å². The fourth-order valence-electron chi connectivity index (χ4n) is 1.60. The van der Waals surface area contributed by atoms with Gasteiger partial charge in [-0.3, -0.25) is 4.79 Å². The summed E-state index contributed by atoms with van der Waals surface area (Å²) in [6, 6.07) is 4.73. The lowest BCUT2D eigenvalue weighted by Crippen LogP contribution is -2.44. The Morgan fingerprint density at radius 3 is 2.61 bits per heavy atom. The Labute approximate surface area is 108 Å². The minimum Gasteiger partial charge on any atom is -0.353 e. The summed E-state index contributed by atoms with van der Waals surface area (Å²) >= 11 is 0. The fourth-order valence-corrected chi connectivity index (χ4v) is 1.60. The number of nitrogens with one attached hydrogen (secondary N) is 2. The van der Waals surface area contributed by atoms with Crippen molar-refractivity contribution in [2.45, 2.75) is 46.3 Å². The Morgan fingerprint density at radius 1 is 1.33 bits per heavy atom. The lowest BCUT2D eigenvalue weighted by molar-refractivity contribution is -0.123. The Morgan fingerprint density at radius 2 is 2.00 bits per heavy atom. The van der Waals surface area contributed by atoms with Gasteiger partial charge in [0.15, 0.2) is 0 Å². The molecule has 0 radical (unpaired) electrons. The summed E-state index contributed by atoms with van der Waals surface area (Å²) in [4.78, 5) is 11.7. The van der Waals surface area contributed by atoms with Gasteiger partial charge in [0.2, 0.25) is 5.91 Å². The minimum absolute atomic E-state index is 0.0712. The first-order chi connectivity index (χ1) is 8.40. The average molecular weight is 252 g/mol. The number of hydrogen-bond acceptors (Lipinski definition) is 2. The van der Waals surface area contributed by atoms with E-state index in [4.69, 9.17) is 0 Å². The molecule has 18 heavy (non-hydrogen) atoms. The molecule has 3 nitrogen and oxygen atoms in total. The van der Waals surface area contributed by atoms with E-state index in [1.165, 1.54) is 6.07 Å². The van der Waals surface area contributed by atoms with Crippen molar-refractivity contribution in [3.05, 3.63) is 35.1 Å². The maximum absolute atomic E-state index is 13.5. The number of carbonyl (C=O) groups excluding carboxylic acids is 1. The van der Waals surface area contributed by atoms with Crippen LogP contribution in [-0.2, 0) is 11.3 Å². The van der Waals surface area contributed by atoms with Crippen LogP contribution in [0.4, 0.5) is 4.39 Å². The van der Waals surface area contributed by atoms with Crippen molar-refractivity contribution >= 4 is 5.91 Å². The highest BCUT2D eigenvalue weighted by Crippen LogP contribution is 2.09. The molecule has 1 aromatic rings. The zero-order chi connectivity index (χ0) is 13.7. The molecule has 0 heterocycles. The first-order valence-corrected chi connectivity index (χ1v) is 6.19. The largest absolute Gasteiger partial charge is 0.353 e. The van der Waals surface area contributed by atoms with E-state index < -0.39 is 0 Å². The van der Waals surface area contributed by atoms with Crippen LogP contribution in [0, 0.1) is 12.7 Å². The standard InChI is InChI=1S/C14H21FN2O/c1-9(2)17-14(18)11(4)16-8-12-7-10(3)5-6-13(12)15/h5-7,9,11,16H,8H2,1-4H3,(H,17,18). The first-order valence-electron chi connectivity index (χ1n) is 6.19. The van der Waals surface area contributed by atoms with Crippen LogP contribution in [-0.4, -0.2) is 18.0 Å². The molecule has 0 fully saturated rings. The summed E-state index contributed by atoms with van der Waals surface area (Å²) in [5.41, 5.74) is 1.59. The van der Waals surface area contributed by atoms with Gasteiger partial charge in [0.1, 0.15) is 5.82 Å². The molecule has 0 aromatic heterocycles. The predicted molar refractivity (Wildman–Crippen MR) is 70.7 cm³/mol. The smallest absolute Gasteiger partial charge is 0.237 e. The highest BCUT2D eigenvalue weighted by Gasteiger charge is 2.13. The Bertz CT molecular complexity index is 418. The Balaban J connectivity index is 2.54. The number of amides is 1. The van der Waals surface area contributed by atoms with Crippen LogP contribution in [0.25, 0.3) is 0 Å². The molecule has 1 atom stereocenters. The summed E-state index contributed by atoms with van der Waals surface area (Å²) in [6.45, 7) is 7.85. The molecule has 0 bridgehead atoms. The molecule has 0 saturated carbocycles. The second-order valence-corrected chi connectivity index (χ2v) is 4.86. The maximum atomic E-state index is 13.5. The van der Waals surface area contributed by atoms with Crippen molar-refractivity contribution in [1.82, 2.24) is 10.6 Å². The van der Waals surface area contributed by atoms with E-state index in [2.05, 4.69) is 10.6 Å². The first kappa shape index (κ1) is 14.6. The maximum Gasteiger partial charge on any atom is 0.237 e. The quantitative estimate of drug-likeness (QED) is 0.843. The van der Waals surface area contributed by atoms with Crippen LogP contribution in [0.1, 0.15) is 31.9 Å². The third kappa shape index (κ3) is 4.45. The van der Waals surface area contributed by atoms with Crippen molar-refractivity contribution in [3.63, 3.8) is 0 Å².